The maximum Gasteiger partial charge on any atom is 0.0930 e. The molecule has 0 saturated heterocycles. The average Bonchev–Trinajstić information content (AvgIpc) is 3.02. The molecule has 2 aliphatic carbocycles. The first kappa shape index (κ1) is 14.7. The molecule has 0 bridgehead atoms. The summed E-state index contributed by atoms with van der Waals surface area (Å²) in [4.78, 5) is 0. The lowest BCUT2D eigenvalue weighted by Crippen LogP contribution is -2.37. The molecule has 0 aromatic heterocycles. The monoisotopic (exact) mass is 316 g/mol. The van der Waals surface area contributed by atoms with Crippen LogP contribution in [0.3, 0.4) is 0 Å². The van der Waals surface area contributed by atoms with Crippen LogP contribution in [0.2, 0.25) is 13.1 Å². The second-order valence-electron chi connectivity index (χ2n) is 7.66. The quantitative estimate of drug-likeness (QED) is 0.596. The van der Waals surface area contributed by atoms with E-state index in [0.717, 1.165) is 6.42 Å². The molecule has 2 aliphatic rings. The molecule has 0 aliphatic heterocycles. The molecule has 1 heteroatoms. The van der Waals surface area contributed by atoms with E-state index in [9.17, 15) is 0 Å². The maximum atomic E-state index is 2.57. The van der Waals surface area contributed by atoms with Crippen molar-refractivity contribution < 1.29 is 0 Å². The van der Waals surface area contributed by atoms with E-state index in [-0.39, 0.29) is 0 Å². The Balaban J connectivity index is 1.87. The third kappa shape index (κ3) is 2.10. The van der Waals surface area contributed by atoms with Crippen LogP contribution in [0.1, 0.15) is 41.6 Å². The van der Waals surface area contributed by atoms with E-state index in [1.165, 1.54) is 16.7 Å². The van der Waals surface area contributed by atoms with E-state index in [0.29, 0.717) is 5.54 Å². The van der Waals surface area contributed by atoms with Crippen molar-refractivity contribution in [3.8, 4) is 0 Å². The largest absolute Gasteiger partial charge is 0.0930 e. The predicted octanol–water partition coefficient (Wildman–Crippen LogP) is 6.00. The molecule has 0 amide bonds. The summed E-state index contributed by atoms with van der Waals surface area (Å²) in [7, 11) is -1.65. The minimum absolute atomic E-state index is 0.606. The highest BCUT2D eigenvalue weighted by molar-refractivity contribution is 6.96. The van der Waals surface area contributed by atoms with Crippen molar-refractivity contribution in [1.82, 2.24) is 0 Å². The lowest BCUT2D eigenvalue weighted by atomic mass is 10.1. The number of allylic oxidation sites excluding steroid dienone is 2. The Kier molecular flexibility index (Phi) is 3.24. The van der Waals surface area contributed by atoms with Gasteiger partial charge in [0.1, 0.15) is 0 Å². The van der Waals surface area contributed by atoms with Crippen molar-refractivity contribution in [2.75, 3.05) is 0 Å². The lowest BCUT2D eigenvalue weighted by Gasteiger charge is -2.35. The van der Waals surface area contributed by atoms with Crippen LogP contribution in [0, 0.1) is 0 Å². The summed E-state index contributed by atoms with van der Waals surface area (Å²) in [6.07, 6.45) is 3.55. The van der Waals surface area contributed by atoms with Crippen LogP contribution in [0.25, 0.3) is 11.3 Å². The van der Waals surface area contributed by atoms with Gasteiger partial charge in [0, 0.05) is 5.54 Å². The highest BCUT2D eigenvalue weighted by atomic mass is 28.3. The fourth-order valence-corrected chi connectivity index (χ4v) is 9.68. The molecule has 0 spiro atoms. The summed E-state index contributed by atoms with van der Waals surface area (Å²) in [5.41, 5.74) is 9.78. The zero-order chi connectivity index (χ0) is 16.2. The highest BCUT2D eigenvalue weighted by Gasteiger charge is 2.43. The Labute approximate surface area is 140 Å². The molecule has 1 atom stereocenters. The first-order valence-electron chi connectivity index (χ1n) is 8.56. The molecule has 4 rings (SSSR count). The third-order valence-corrected chi connectivity index (χ3v) is 9.88. The molecule has 0 fully saturated rings. The highest BCUT2D eigenvalue weighted by Crippen LogP contribution is 2.50. The Bertz CT molecular complexity index is 852. The van der Waals surface area contributed by atoms with Crippen molar-refractivity contribution >= 4 is 19.3 Å². The number of benzene rings is 2. The van der Waals surface area contributed by atoms with Crippen molar-refractivity contribution in [2.45, 2.75) is 38.9 Å². The van der Waals surface area contributed by atoms with Crippen LogP contribution in [0.5, 0.6) is 0 Å². The molecule has 0 radical (unpaired) electrons. The summed E-state index contributed by atoms with van der Waals surface area (Å²) in [6, 6.07) is 18.0. The number of rotatable bonds is 2. The minimum Gasteiger partial charge on any atom is -0.0690 e. The SMILES string of the molecule is CC1=Cc2ccccc2C1[Si](C)(C)C1=C(C)Cc2ccccc21. The molecule has 1 unspecified atom stereocenters. The van der Waals surface area contributed by atoms with Gasteiger partial charge in [-0.2, -0.15) is 0 Å². The van der Waals surface area contributed by atoms with Gasteiger partial charge in [0.15, 0.2) is 0 Å². The fourth-order valence-electron chi connectivity index (χ4n) is 5.00. The zero-order valence-corrected chi connectivity index (χ0v) is 15.5. The van der Waals surface area contributed by atoms with Crippen LogP contribution in [-0.2, 0) is 6.42 Å². The maximum absolute atomic E-state index is 2.57. The third-order valence-electron chi connectivity index (χ3n) is 5.68. The summed E-state index contributed by atoms with van der Waals surface area (Å²) >= 11 is 0. The van der Waals surface area contributed by atoms with Gasteiger partial charge < -0.3 is 0 Å². The molecule has 0 nitrogen and oxygen atoms in total. The van der Waals surface area contributed by atoms with Crippen LogP contribution >= 0.6 is 0 Å². The number of hydrogen-bond donors (Lipinski definition) is 0. The predicted molar refractivity (Wildman–Crippen MR) is 103 cm³/mol. The smallest absolute Gasteiger partial charge is 0.0690 e. The summed E-state index contributed by atoms with van der Waals surface area (Å²) in [5, 5.41) is 1.70. The van der Waals surface area contributed by atoms with Crippen LogP contribution < -0.4 is 0 Å². The van der Waals surface area contributed by atoms with E-state index in [4.69, 9.17) is 0 Å². The molecule has 0 N–H and O–H groups in total. The van der Waals surface area contributed by atoms with Gasteiger partial charge in [-0.1, -0.05) is 84.0 Å². The van der Waals surface area contributed by atoms with E-state index >= 15 is 0 Å². The molecule has 0 heterocycles. The van der Waals surface area contributed by atoms with Crippen LogP contribution in [0.4, 0.5) is 0 Å². The van der Waals surface area contributed by atoms with Gasteiger partial charge in [-0.3, -0.25) is 0 Å². The van der Waals surface area contributed by atoms with Crippen molar-refractivity contribution in [3.63, 3.8) is 0 Å². The van der Waals surface area contributed by atoms with E-state index in [1.807, 2.05) is 0 Å². The molecule has 0 saturated carbocycles. The van der Waals surface area contributed by atoms with E-state index < -0.39 is 8.07 Å². The topological polar surface area (TPSA) is 0 Å². The first-order valence-corrected chi connectivity index (χ1v) is 11.6. The van der Waals surface area contributed by atoms with Crippen molar-refractivity contribution in [1.29, 1.82) is 0 Å². The van der Waals surface area contributed by atoms with E-state index in [2.05, 4.69) is 81.5 Å². The normalized spacial score (nSPS) is 19.7. The summed E-state index contributed by atoms with van der Waals surface area (Å²) < 4.78 is 0. The van der Waals surface area contributed by atoms with Crippen LogP contribution in [-0.4, -0.2) is 8.07 Å². The standard InChI is InChI=1S/C22H24Si/c1-15-13-17-9-5-7-11-19(17)21(15)23(3,4)22-16(2)14-18-10-6-8-12-20(18)22/h5-13,21H,14H2,1-4H3. The van der Waals surface area contributed by atoms with Gasteiger partial charge in [-0.25, -0.2) is 0 Å². The second-order valence-corrected chi connectivity index (χ2v) is 12.2. The Morgan fingerprint density at radius 1 is 0.913 bits per heavy atom. The van der Waals surface area contributed by atoms with Gasteiger partial charge >= 0.3 is 0 Å². The Morgan fingerprint density at radius 2 is 1.61 bits per heavy atom. The lowest BCUT2D eigenvalue weighted by molar-refractivity contribution is 1.08. The van der Waals surface area contributed by atoms with Gasteiger partial charge in [0.05, 0.1) is 8.07 Å². The molecule has 2 aromatic rings. The summed E-state index contributed by atoms with van der Waals surface area (Å²) in [5.74, 6) is 0. The summed E-state index contributed by atoms with van der Waals surface area (Å²) in [6.45, 7) is 9.82. The number of hydrogen-bond acceptors (Lipinski definition) is 0. The molecular weight excluding hydrogens is 292 g/mol. The van der Waals surface area contributed by atoms with Crippen LogP contribution in [0.15, 0.2) is 59.7 Å². The van der Waals surface area contributed by atoms with Gasteiger partial charge in [0.25, 0.3) is 0 Å². The number of fused-ring (bicyclic) bond motifs is 2. The first-order chi connectivity index (χ1) is 11.0. The van der Waals surface area contributed by atoms with Crippen molar-refractivity contribution in [3.05, 3.63) is 81.9 Å². The second kappa shape index (κ2) is 5.07. The van der Waals surface area contributed by atoms with E-state index in [1.54, 1.807) is 21.9 Å². The van der Waals surface area contributed by atoms with Gasteiger partial charge in [-0.15, -0.1) is 0 Å². The average molecular weight is 317 g/mol. The molecular formula is C22H24Si. The van der Waals surface area contributed by atoms with Gasteiger partial charge in [0.2, 0.25) is 0 Å². The molecule has 23 heavy (non-hydrogen) atoms. The fraction of sp³-hybridized carbons (Fsp3) is 0.273. The molecule has 2 aromatic carbocycles. The van der Waals surface area contributed by atoms with Crippen molar-refractivity contribution in [2.24, 2.45) is 0 Å². The minimum atomic E-state index is -1.65. The Hall–Kier alpha value is -1.86. The zero-order valence-electron chi connectivity index (χ0n) is 14.5. The Morgan fingerprint density at radius 3 is 2.43 bits per heavy atom. The molecule has 116 valence electrons. The van der Waals surface area contributed by atoms with Gasteiger partial charge in [-0.05, 0) is 42.5 Å².